The summed E-state index contributed by atoms with van der Waals surface area (Å²) >= 11 is 0. The van der Waals surface area contributed by atoms with Gasteiger partial charge in [-0.25, -0.2) is 0 Å². The highest BCUT2D eigenvalue weighted by atomic mass is 16.6. The number of benzene rings is 1. The molecule has 0 spiro atoms. The molecule has 1 aliphatic heterocycles. The molecular weight excluding hydrogens is 510 g/mol. The molecule has 0 aromatic heterocycles. The number of hydrogen-bond acceptors (Lipinski definition) is 6. The number of nitro benzene ring substituents is 1. The number of amides is 3. The second-order valence-electron chi connectivity index (χ2n) is 10.6. The Morgan fingerprint density at radius 3 is 2.05 bits per heavy atom. The number of likely N-dealkylation sites (N-methyl/N-ethyl adjacent to an activating group) is 1. The lowest BCUT2D eigenvalue weighted by atomic mass is 9.99. The first kappa shape index (κ1) is 36.7. The van der Waals surface area contributed by atoms with Gasteiger partial charge in [0.15, 0.2) is 0 Å². The molecule has 0 bridgehead atoms. The van der Waals surface area contributed by atoms with Gasteiger partial charge in [-0.1, -0.05) is 58.7 Å². The van der Waals surface area contributed by atoms with E-state index in [1.807, 2.05) is 13.8 Å². The third-order valence-corrected chi connectivity index (χ3v) is 6.36. The molecule has 0 radical (unpaired) electrons. The fraction of sp³-hybridized carbons (Fsp3) is 0.633. The second-order valence-corrected chi connectivity index (χ2v) is 10.6. The molecule has 10 heteroatoms. The molecule has 10 nitrogen and oxygen atoms in total. The molecule has 1 saturated heterocycles. The molecule has 40 heavy (non-hydrogen) atoms. The van der Waals surface area contributed by atoms with E-state index in [-0.39, 0.29) is 42.6 Å². The topological polar surface area (TPSA) is 125 Å². The van der Waals surface area contributed by atoms with Crippen LogP contribution >= 0.6 is 0 Å². The van der Waals surface area contributed by atoms with E-state index in [1.54, 1.807) is 32.2 Å². The monoisotopic (exact) mass is 561 g/mol. The zero-order chi connectivity index (χ0) is 30.7. The Balaban J connectivity index is 0.00000104. The first-order valence-electron chi connectivity index (χ1n) is 14.3. The Labute approximate surface area is 240 Å². The molecular formula is C30H51N5O5. The molecule has 0 aliphatic carbocycles. The molecule has 1 atom stereocenters. The van der Waals surface area contributed by atoms with Crippen LogP contribution in [0.3, 0.4) is 0 Å². The first-order valence-corrected chi connectivity index (χ1v) is 14.3. The summed E-state index contributed by atoms with van der Waals surface area (Å²) in [6.45, 7) is 17.1. The van der Waals surface area contributed by atoms with E-state index in [0.717, 1.165) is 11.6 Å². The highest BCUT2D eigenvalue weighted by Crippen LogP contribution is 2.15. The highest BCUT2D eigenvalue weighted by molar-refractivity contribution is 5.93. The number of carbonyl (C=O) groups is 3. The number of rotatable bonds is 11. The van der Waals surface area contributed by atoms with Crippen molar-refractivity contribution < 1.29 is 19.3 Å². The summed E-state index contributed by atoms with van der Waals surface area (Å²) in [6, 6.07) is 6.39. The third-order valence-electron chi connectivity index (χ3n) is 6.36. The van der Waals surface area contributed by atoms with E-state index in [4.69, 9.17) is 0 Å². The minimum atomic E-state index is -0.482. The van der Waals surface area contributed by atoms with Gasteiger partial charge in [-0.3, -0.25) is 24.5 Å². The molecule has 0 unspecified atom stereocenters. The Morgan fingerprint density at radius 1 is 1.07 bits per heavy atom. The maximum absolute atomic E-state index is 12.4. The quantitative estimate of drug-likeness (QED) is 0.175. The van der Waals surface area contributed by atoms with E-state index in [0.29, 0.717) is 12.0 Å². The van der Waals surface area contributed by atoms with Crippen molar-refractivity contribution in [2.45, 2.75) is 92.8 Å². The average Bonchev–Trinajstić information content (AvgIpc) is 2.94. The van der Waals surface area contributed by atoms with Crippen molar-refractivity contribution in [2.75, 3.05) is 26.7 Å². The van der Waals surface area contributed by atoms with Crippen LogP contribution in [0.15, 0.2) is 35.9 Å². The minimum absolute atomic E-state index is 0.0114. The largest absolute Gasteiger partial charge is 0.350 e. The van der Waals surface area contributed by atoms with Gasteiger partial charge in [-0.05, 0) is 58.2 Å². The van der Waals surface area contributed by atoms with Crippen LogP contribution in [0.4, 0.5) is 5.69 Å². The summed E-state index contributed by atoms with van der Waals surface area (Å²) in [6.07, 6.45) is 7.71. The second kappa shape index (κ2) is 20.6. The molecule has 1 aliphatic rings. The summed E-state index contributed by atoms with van der Waals surface area (Å²) in [5.74, 6) is -0.500. The van der Waals surface area contributed by atoms with Crippen molar-refractivity contribution in [1.29, 1.82) is 0 Å². The van der Waals surface area contributed by atoms with Gasteiger partial charge in [-0.2, -0.15) is 0 Å². The van der Waals surface area contributed by atoms with E-state index in [9.17, 15) is 24.5 Å². The van der Waals surface area contributed by atoms with Crippen LogP contribution in [0.5, 0.6) is 0 Å². The van der Waals surface area contributed by atoms with Crippen molar-refractivity contribution in [2.24, 2.45) is 5.92 Å². The normalized spacial score (nSPS) is 14.2. The van der Waals surface area contributed by atoms with E-state index in [1.165, 1.54) is 55.8 Å². The maximum Gasteiger partial charge on any atom is 0.269 e. The van der Waals surface area contributed by atoms with Crippen LogP contribution in [-0.4, -0.2) is 71.7 Å². The number of nitrogens with one attached hydrogen (secondary N) is 2. The molecule has 2 N–H and O–H groups in total. The summed E-state index contributed by atoms with van der Waals surface area (Å²) < 4.78 is 0. The van der Waals surface area contributed by atoms with E-state index >= 15 is 0 Å². The van der Waals surface area contributed by atoms with Crippen LogP contribution in [0.2, 0.25) is 0 Å². The van der Waals surface area contributed by atoms with Crippen LogP contribution < -0.4 is 10.6 Å². The maximum atomic E-state index is 12.4. The Hall–Kier alpha value is -3.27. The Bertz CT molecular complexity index is 925. The lowest BCUT2D eigenvalue weighted by Gasteiger charge is -2.29. The molecule has 2 rings (SSSR count). The molecule has 1 aromatic carbocycles. The third kappa shape index (κ3) is 14.8. The van der Waals surface area contributed by atoms with Crippen LogP contribution in [-0.2, 0) is 20.9 Å². The zero-order valence-electron chi connectivity index (χ0n) is 25.7. The fourth-order valence-corrected chi connectivity index (χ4v) is 4.00. The summed E-state index contributed by atoms with van der Waals surface area (Å²) in [5, 5.41) is 15.8. The average molecular weight is 562 g/mol. The van der Waals surface area contributed by atoms with Crippen molar-refractivity contribution in [3.8, 4) is 0 Å². The molecule has 1 heterocycles. The Morgan fingerprint density at radius 2 is 1.62 bits per heavy atom. The van der Waals surface area contributed by atoms with Gasteiger partial charge in [0.25, 0.3) is 5.69 Å². The Kier molecular flexibility index (Phi) is 18.9. The first-order chi connectivity index (χ1) is 18.9. The van der Waals surface area contributed by atoms with Crippen LogP contribution in [0.25, 0.3) is 0 Å². The molecule has 0 saturated carbocycles. The summed E-state index contributed by atoms with van der Waals surface area (Å²) in [7, 11) is 1.62. The molecule has 3 amide bonds. The smallest absolute Gasteiger partial charge is 0.269 e. The number of likely N-dealkylation sites (tertiary alicyclic amines) is 1. The molecule has 226 valence electrons. The molecule has 1 fully saturated rings. The summed E-state index contributed by atoms with van der Waals surface area (Å²) in [4.78, 5) is 49.1. The van der Waals surface area contributed by atoms with Gasteiger partial charge in [0.1, 0.15) is 0 Å². The minimum Gasteiger partial charge on any atom is -0.350 e. The van der Waals surface area contributed by atoms with Crippen LogP contribution in [0.1, 0.15) is 79.7 Å². The van der Waals surface area contributed by atoms with Gasteiger partial charge >= 0.3 is 0 Å². The SMILES string of the molecule is C/C(=C\[C@H](C(C)C)N(C)C(=O)CNC=O)C(=O)NCc1ccc([N+](=O)[O-])cc1.CC(C)N1CCCCC1.CCC. The van der Waals surface area contributed by atoms with Gasteiger partial charge in [0.2, 0.25) is 18.2 Å². The highest BCUT2D eigenvalue weighted by Gasteiger charge is 2.22. The predicted molar refractivity (Wildman–Crippen MR) is 161 cm³/mol. The van der Waals surface area contributed by atoms with Gasteiger partial charge in [-0.15, -0.1) is 0 Å². The number of hydrogen-bond donors (Lipinski definition) is 2. The summed E-state index contributed by atoms with van der Waals surface area (Å²) in [5.41, 5.74) is 1.17. The van der Waals surface area contributed by atoms with Crippen molar-refractivity contribution in [1.82, 2.24) is 20.4 Å². The fourth-order valence-electron chi connectivity index (χ4n) is 4.00. The van der Waals surface area contributed by atoms with E-state index in [2.05, 4.69) is 43.2 Å². The predicted octanol–water partition coefficient (Wildman–Crippen LogP) is 4.68. The lowest BCUT2D eigenvalue weighted by molar-refractivity contribution is -0.384. The number of nitrogens with zero attached hydrogens (tertiary/aromatic N) is 3. The van der Waals surface area contributed by atoms with Gasteiger partial charge in [0.05, 0.1) is 17.5 Å². The van der Waals surface area contributed by atoms with Crippen LogP contribution in [0, 0.1) is 16.0 Å². The number of piperidine rings is 1. The van der Waals surface area contributed by atoms with E-state index < -0.39 is 4.92 Å². The number of carbonyl (C=O) groups excluding carboxylic acids is 3. The van der Waals surface area contributed by atoms with Crippen molar-refractivity contribution in [3.63, 3.8) is 0 Å². The van der Waals surface area contributed by atoms with Gasteiger partial charge in [0, 0.05) is 37.3 Å². The van der Waals surface area contributed by atoms with Crippen molar-refractivity contribution in [3.05, 3.63) is 51.6 Å². The zero-order valence-corrected chi connectivity index (χ0v) is 25.7. The lowest BCUT2D eigenvalue weighted by Crippen LogP contribution is -2.43. The van der Waals surface area contributed by atoms with Gasteiger partial charge < -0.3 is 20.4 Å². The van der Waals surface area contributed by atoms with Crippen molar-refractivity contribution >= 4 is 23.9 Å². The standard InChI is InChI=1S/C19H26N4O5.C8H17N.C3H8/c1-13(2)17(22(4)18(25)11-20-12-24)9-14(3)19(26)21-10-15-5-7-16(8-6-15)23(27)28;1-8(2)9-6-4-3-5-7-9;1-3-2/h5-9,12-13,17H,10-11H2,1-4H3,(H,20,24)(H,21,26);8H,3-7H2,1-2H3;3H2,1-2H3/b14-9+;;/t17-;;/m1../s1. The number of nitro groups is 1. The molecule has 1 aromatic rings. The number of non-ortho nitro benzene ring substituents is 1.